The monoisotopic (exact) mass is 363 g/mol. The number of carbonyl (C=O) groups is 1. The molecule has 1 aromatic carbocycles. The van der Waals surface area contributed by atoms with Gasteiger partial charge in [0.15, 0.2) is 5.65 Å². The van der Waals surface area contributed by atoms with Crippen LogP contribution in [0.15, 0.2) is 54.9 Å². The van der Waals surface area contributed by atoms with Gasteiger partial charge in [0.2, 0.25) is 5.91 Å². The molecule has 1 aliphatic heterocycles. The second-order valence-corrected chi connectivity index (χ2v) is 7.05. The van der Waals surface area contributed by atoms with E-state index >= 15 is 0 Å². The van der Waals surface area contributed by atoms with E-state index in [1.807, 2.05) is 28.9 Å². The summed E-state index contributed by atoms with van der Waals surface area (Å²) < 4.78 is 1.87. The maximum atomic E-state index is 12.5. The highest BCUT2D eigenvalue weighted by molar-refractivity contribution is 5.79. The Kier molecular flexibility index (Phi) is 5.32. The van der Waals surface area contributed by atoms with E-state index < -0.39 is 0 Å². The van der Waals surface area contributed by atoms with E-state index in [2.05, 4.69) is 44.6 Å². The Morgan fingerprint density at radius 2 is 1.89 bits per heavy atom. The molecule has 6 heteroatoms. The number of amides is 1. The average Bonchev–Trinajstić information content (AvgIpc) is 3.21. The summed E-state index contributed by atoms with van der Waals surface area (Å²) in [5.74, 6) is 1.35. The molecule has 0 atom stereocenters. The van der Waals surface area contributed by atoms with E-state index in [1.165, 1.54) is 5.56 Å². The van der Waals surface area contributed by atoms with Crippen molar-refractivity contribution in [2.75, 3.05) is 24.5 Å². The number of benzene rings is 1. The van der Waals surface area contributed by atoms with Gasteiger partial charge >= 0.3 is 0 Å². The largest absolute Gasteiger partial charge is 0.356 e. The summed E-state index contributed by atoms with van der Waals surface area (Å²) >= 11 is 0. The molecule has 3 aromatic rings. The van der Waals surface area contributed by atoms with E-state index in [4.69, 9.17) is 0 Å². The fraction of sp³-hybridized carbons (Fsp3) is 0.381. The Labute approximate surface area is 159 Å². The van der Waals surface area contributed by atoms with Crippen molar-refractivity contribution in [3.8, 4) is 0 Å². The molecule has 3 heterocycles. The highest BCUT2D eigenvalue weighted by Gasteiger charge is 2.25. The molecule has 1 fully saturated rings. The van der Waals surface area contributed by atoms with Gasteiger partial charge in [0, 0.05) is 37.8 Å². The molecule has 0 unspecified atom stereocenters. The van der Waals surface area contributed by atoms with Crippen LogP contribution in [0.5, 0.6) is 0 Å². The van der Waals surface area contributed by atoms with Gasteiger partial charge in [-0.25, -0.2) is 4.98 Å². The third kappa shape index (κ3) is 4.10. The van der Waals surface area contributed by atoms with Crippen molar-refractivity contribution >= 4 is 17.4 Å². The molecule has 140 valence electrons. The molecule has 27 heavy (non-hydrogen) atoms. The van der Waals surface area contributed by atoms with Crippen LogP contribution in [0.25, 0.3) is 5.65 Å². The Morgan fingerprint density at radius 1 is 1.07 bits per heavy atom. The summed E-state index contributed by atoms with van der Waals surface area (Å²) in [5, 5.41) is 7.47. The van der Waals surface area contributed by atoms with Crippen LogP contribution in [0.4, 0.5) is 5.82 Å². The fourth-order valence-electron chi connectivity index (χ4n) is 3.72. The van der Waals surface area contributed by atoms with Crippen LogP contribution in [-0.4, -0.2) is 40.1 Å². The lowest BCUT2D eigenvalue weighted by atomic mass is 9.96. The first kappa shape index (κ1) is 17.5. The van der Waals surface area contributed by atoms with E-state index in [-0.39, 0.29) is 11.8 Å². The van der Waals surface area contributed by atoms with Gasteiger partial charge in [0.05, 0.1) is 6.20 Å². The van der Waals surface area contributed by atoms with Crippen molar-refractivity contribution < 1.29 is 4.79 Å². The van der Waals surface area contributed by atoms with Crippen molar-refractivity contribution in [3.05, 3.63) is 60.4 Å². The van der Waals surface area contributed by atoms with Crippen LogP contribution >= 0.6 is 0 Å². The van der Waals surface area contributed by atoms with Crippen LogP contribution in [0, 0.1) is 5.92 Å². The zero-order valence-electron chi connectivity index (χ0n) is 15.4. The lowest BCUT2D eigenvalue weighted by Crippen LogP contribution is -2.41. The van der Waals surface area contributed by atoms with Gasteiger partial charge in [-0.1, -0.05) is 30.3 Å². The lowest BCUT2D eigenvalue weighted by molar-refractivity contribution is -0.125. The lowest BCUT2D eigenvalue weighted by Gasteiger charge is -2.32. The number of nitrogens with zero attached hydrogens (tertiary/aromatic N) is 4. The first-order valence-corrected chi connectivity index (χ1v) is 9.66. The Morgan fingerprint density at radius 3 is 2.70 bits per heavy atom. The number of aryl methyl sites for hydroxylation is 1. The molecule has 2 aromatic heterocycles. The van der Waals surface area contributed by atoms with Crippen molar-refractivity contribution in [2.24, 2.45) is 5.92 Å². The topological polar surface area (TPSA) is 62.5 Å². The SMILES string of the molecule is O=C(NCCCc1ccccc1)C1CCN(c2ccnc3ccnn23)CC1. The number of rotatable bonds is 6. The summed E-state index contributed by atoms with van der Waals surface area (Å²) in [4.78, 5) is 19.1. The predicted molar refractivity (Wildman–Crippen MR) is 106 cm³/mol. The highest BCUT2D eigenvalue weighted by Crippen LogP contribution is 2.23. The minimum Gasteiger partial charge on any atom is -0.356 e. The molecule has 6 nitrogen and oxygen atoms in total. The number of piperidine rings is 1. The van der Waals surface area contributed by atoms with Crippen LogP contribution in [0.1, 0.15) is 24.8 Å². The summed E-state index contributed by atoms with van der Waals surface area (Å²) in [7, 11) is 0. The van der Waals surface area contributed by atoms with Gasteiger partial charge in [-0.3, -0.25) is 4.79 Å². The van der Waals surface area contributed by atoms with Crippen molar-refractivity contribution in [1.29, 1.82) is 0 Å². The normalized spacial score (nSPS) is 15.2. The van der Waals surface area contributed by atoms with Crippen molar-refractivity contribution in [2.45, 2.75) is 25.7 Å². The predicted octanol–water partition coefficient (Wildman–Crippen LogP) is 2.69. The number of fused-ring (bicyclic) bond motifs is 1. The maximum absolute atomic E-state index is 12.5. The molecule has 1 saturated heterocycles. The minimum absolute atomic E-state index is 0.105. The standard InChI is InChI=1S/C21H25N5O/c27-21(23-12-4-7-17-5-2-1-3-6-17)18-10-15-25(16-11-18)20-9-13-22-19-8-14-24-26(19)20/h1-3,5-6,8-9,13-14,18H,4,7,10-12,15-16H2,(H,23,27). The van der Waals surface area contributed by atoms with Crippen molar-refractivity contribution in [3.63, 3.8) is 0 Å². The smallest absolute Gasteiger partial charge is 0.223 e. The highest BCUT2D eigenvalue weighted by atomic mass is 16.1. The second kappa shape index (κ2) is 8.20. The van der Waals surface area contributed by atoms with Gasteiger partial charge in [-0.15, -0.1) is 0 Å². The molecule has 0 radical (unpaired) electrons. The third-order valence-corrected chi connectivity index (χ3v) is 5.24. The zero-order valence-corrected chi connectivity index (χ0v) is 15.4. The number of aromatic nitrogens is 3. The number of hydrogen-bond acceptors (Lipinski definition) is 4. The average molecular weight is 363 g/mol. The van der Waals surface area contributed by atoms with Crippen LogP contribution in [0.3, 0.4) is 0 Å². The molecule has 1 amide bonds. The molecule has 1 N–H and O–H groups in total. The van der Waals surface area contributed by atoms with Crippen LogP contribution < -0.4 is 10.2 Å². The summed E-state index contributed by atoms with van der Waals surface area (Å²) in [6, 6.07) is 14.3. The molecule has 0 saturated carbocycles. The summed E-state index contributed by atoms with van der Waals surface area (Å²) in [6.07, 6.45) is 7.30. The number of hydrogen-bond donors (Lipinski definition) is 1. The fourth-order valence-corrected chi connectivity index (χ4v) is 3.72. The van der Waals surface area contributed by atoms with Gasteiger partial charge in [-0.05, 0) is 37.3 Å². The van der Waals surface area contributed by atoms with Crippen LogP contribution in [0.2, 0.25) is 0 Å². The number of nitrogens with one attached hydrogen (secondary N) is 1. The van der Waals surface area contributed by atoms with Gasteiger partial charge in [0.25, 0.3) is 0 Å². The van der Waals surface area contributed by atoms with E-state index in [0.29, 0.717) is 0 Å². The Bertz CT molecular complexity index is 884. The van der Waals surface area contributed by atoms with E-state index in [9.17, 15) is 4.79 Å². The second-order valence-electron chi connectivity index (χ2n) is 7.05. The Hall–Kier alpha value is -2.89. The van der Waals surface area contributed by atoms with Gasteiger partial charge in [-0.2, -0.15) is 9.61 Å². The quantitative estimate of drug-likeness (QED) is 0.684. The first-order valence-electron chi connectivity index (χ1n) is 9.66. The number of carbonyl (C=O) groups excluding carboxylic acids is 1. The first-order chi connectivity index (χ1) is 13.3. The van der Waals surface area contributed by atoms with Gasteiger partial charge < -0.3 is 10.2 Å². The molecule has 4 rings (SSSR count). The molecular weight excluding hydrogens is 338 g/mol. The van der Waals surface area contributed by atoms with Crippen molar-refractivity contribution in [1.82, 2.24) is 19.9 Å². The third-order valence-electron chi connectivity index (χ3n) is 5.24. The number of anilines is 1. The molecule has 0 aliphatic carbocycles. The Balaban J connectivity index is 1.24. The van der Waals surface area contributed by atoms with E-state index in [1.54, 1.807) is 6.20 Å². The molecular formula is C21H25N5O. The molecule has 1 aliphatic rings. The van der Waals surface area contributed by atoms with Gasteiger partial charge in [0.1, 0.15) is 5.82 Å². The molecule has 0 bridgehead atoms. The summed E-state index contributed by atoms with van der Waals surface area (Å²) in [5.41, 5.74) is 2.17. The maximum Gasteiger partial charge on any atom is 0.223 e. The zero-order chi connectivity index (χ0) is 18.5. The minimum atomic E-state index is 0.105. The molecule has 0 spiro atoms. The summed E-state index contributed by atoms with van der Waals surface area (Å²) in [6.45, 7) is 2.47. The van der Waals surface area contributed by atoms with Crippen LogP contribution in [-0.2, 0) is 11.2 Å². The van der Waals surface area contributed by atoms with E-state index in [0.717, 1.165) is 56.8 Å².